The molecular formula is C26H30N6O2. The maximum absolute atomic E-state index is 13.3. The first-order chi connectivity index (χ1) is 16.6. The van der Waals surface area contributed by atoms with Crippen LogP contribution in [0, 0.1) is 0 Å². The Balaban J connectivity index is 1.56. The normalized spacial score (nSPS) is 14.6. The van der Waals surface area contributed by atoms with E-state index in [2.05, 4.69) is 21.3 Å². The third kappa shape index (κ3) is 3.94. The van der Waals surface area contributed by atoms with Crippen LogP contribution >= 0.6 is 0 Å². The lowest BCUT2D eigenvalue weighted by Crippen LogP contribution is -2.41. The van der Waals surface area contributed by atoms with Crippen molar-refractivity contribution in [3.05, 3.63) is 58.9 Å². The van der Waals surface area contributed by atoms with E-state index in [0.29, 0.717) is 40.9 Å². The fraction of sp³-hybridized carbons (Fsp3) is 0.346. The molecule has 1 aliphatic rings. The molecule has 1 aliphatic heterocycles. The molecule has 2 N–H and O–H groups in total. The maximum Gasteiger partial charge on any atom is 0.262 e. The second-order valence-electron chi connectivity index (χ2n) is 8.58. The molecular weight excluding hydrogens is 428 g/mol. The van der Waals surface area contributed by atoms with Gasteiger partial charge >= 0.3 is 0 Å². The van der Waals surface area contributed by atoms with Crippen molar-refractivity contribution in [3.63, 3.8) is 0 Å². The molecule has 0 spiro atoms. The van der Waals surface area contributed by atoms with Crippen LogP contribution in [0.5, 0.6) is 5.75 Å². The zero-order valence-electron chi connectivity index (χ0n) is 19.8. The predicted molar refractivity (Wildman–Crippen MR) is 136 cm³/mol. The number of fused-ring (bicyclic) bond motifs is 1. The summed E-state index contributed by atoms with van der Waals surface area (Å²) in [5.74, 6) is 1.16. The van der Waals surface area contributed by atoms with Gasteiger partial charge in [-0.2, -0.15) is 5.10 Å². The van der Waals surface area contributed by atoms with Gasteiger partial charge in [0, 0.05) is 43.0 Å². The minimum Gasteiger partial charge on any atom is -0.496 e. The Morgan fingerprint density at radius 3 is 2.59 bits per heavy atom. The zero-order valence-corrected chi connectivity index (χ0v) is 19.8. The van der Waals surface area contributed by atoms with Gasteiger partial charge in [-0.15, -0.1) is 0 Å². The van der Waals surface area contributed by atoms with E-state index in [4.69, 9.17) is 14.8 Å². The lowest BCUT2D eigenvalue weighted by molar-refractivity contribution is 0.415. The third-order valence-electron chi connectivity index (χ3n) is 6.66. The Kier molecular flexibility index (Phi) is 6.06. The van der Waals surface area contributed by atoms with Crippen molar-refractivity contribution in [1.82, 2.24) is 25.1 Å². The van der Waals surface area contributed by atoms with Crippen LogP contribution in [-0.2, 0) is 6.54 Å². The average Bonchev–Trinajstić information content (AvgIpc) is 3.28. The SMILES string of the molecule is CCn1nc(-c2ccccc2)c2c(=O)[nH]c(-c3ccc(N4CCC(NC)CC4)cc3OC)nc21. The van der Waals surface area contributed by atoms with Crippen LogP contribution < -0.4 is 20.5 Å². The highest BCUT2D eigenvalue weighted by Crippen LogP contribution is 2.34. The summed E-state index contributed by atoms with van der Waals surface area (Å²) < 4.78 is 7.51. The van der Waals surface area contributed by atoms with Gasteiger partial charge in [0.1, 0.15) is 22.7 Å². The maximum atomic E-state index is 13.3. The largest absolute Gasteiger partial charge is 0.496 e. The molecule has 0 aliphatic carbocycles. The fourth-order valence-corrected chi connectivity index (χ4v) is 4.72. The molecule has 0 radical (unpaired) electrons. The van der Waals surface area contributed by atoms with E-state index in [1.807, 2.05) is 56.4 Å². The van der Waals surface area contributed by atoms with Crippen LogP contribution in [0.15, 0.2) is 53.3 Å². The average molecular weight is 459 g/mol. The molecule has 0 atom stereocenters. The van der Waals surface area contributed by atoms with Gasteiger partial charge in [-0.3, -0.25) is 4.79 Å². The third-order valence-corrected chi connectivity index (χ3v) is 6.66. The lowest BCUT2D eigenvalue weighted by atomic mass is 10.0. The number of nitrogens with one attached hydrogen (secondary N) is 2. The second-order valence-corrected chi connectivity index (χ2v) is 8.58. The van der Waals surface area contributed by atoms with Gasteiger partial charge in [-0.05, 0) is 38.9 Å². The summed E-state index contributed by atoms with van der Waals surface area (Å²) in [5, 5.41) is 8.57. The molecule has 34 heavy (non-hydrogen) atoms. The number of hydrogen-bond acceptors (Lipinski definition) is 6. The number of methoxy groups -OCH3 is 1. The summed E-state index contributed by atoms with van der Waals surface area (Å²) in [6.07, 6.45) is 2.22. The molecule has 176 valence electrons. The lowest BCUT2D eigenvalue weighted by Gasteiger charge is -2.33. The molecule has 5 rings (SSSR count). The summed E-state index contributed by atoms with van der Waals surface area (Å²) >= 11 is 0. The van der Waals surface area contributed by atoms with Crippen molar-refractivity contribution < 1.29 is 4.74 Å². The summed E-state index contributed by atoms with van der Waals surface area (Å²) in [6, 6.07) is 16.4. The number of piperidine rings is 1. The topological polar surface area (TPSA) is 88.1 Å². The first-order valence-electron chi connectivity index (χ1n) is 11.8. The number of aromatic nitrogens is 4. The predicted octanol–water partition coefficient (Wildman–Crippen LogP) is 3.67. The van der Waals surface area contributed by atoms with Gasteiger partial charge in [-0.1, -0.05) is 30.3 Å². The van der Waals surface area contributed by atoms with Crippen LogP contribution in [0.1, 0.15) is 19.8 Å². The molecule has 2 aromatic carbocycles. The Hall–Kier alpha value is -3.65. The van der Waals surface area contributed by atoms with Crippen LogP contribution in [0.25, 0.3) is 33.7 Å². The van der Waals surface area contributed by atoms with Gasteiger partial charge in [0.15, 0.2) is 5.65 Å². The number of ether oxygens (including phenoxy) is 1. The van der Waals surface area contributed by atoms with Gasteiger partial charge in [0.05, 0.1) is 12.7 Å². The van der Waals surface area contributed by atoms with Gasteiger partial charge < -0.3 is 19.9 Å². The van der Waals surface area contributed by atoms with Crippen molar-refractivity contribution in [2.75, 3.05) is 32.1 Å². The van der Waals surface area contributed by atoms with Crippen molar-refractivity contribution in [2.45, 2.75) is 32.4 Å². The zero-order chi connectivity index (χ0) is 23.7. The molecule has 0 bridgehead atoms. The van der Waals surface area contributed by atoms with E-state index in [1.165, 1.54) is 0 Å². The molecule has 0 unspecified atom stereocenters. The molecule has 0 amide bonds. The summed E-state index contributed by atoms with van der Waals surface area (Å²) in [6.45, 7) is 4.59. The monoisotopic (exact) mass is 458 g/mol. The first kappa shape index (κ1) is 22.2. The molecule has 4 aromatic rings. The second kappa shape index (κ2) is 9.30. The number of hydrogen-bond donors (Lipinski definition) is 2. The summed E-state index contributed by atoms with van der Waals surface area (Å²) in [4.78, 5) is 23.5. The van der Waals surface area contributed by atoms with Crippen molar-refractivity contribution in [3.8, 4) is 28.4 Å². The number of anilines is 1. The molecule has 3 heterocycles. The molecule has 8 nitrogen and oxygen atoms in total. The van der Waals surface area contributed by atoms with Gasteiger partial charge in [-0.25, -0.2) is 9.67 Å². The number of benzene rings is 2. The Labute approximate surface area is 198 Å². The quantitative estimate of drug-likeness (QED) is 0.458. The number of aryl methyl sites for hydroxylation is 1. The fourth-order valence-electron chi connectivity index (χ4n) is 4.72. The van der Waals surface area contributed by atoms with E-state index in [1.54, 1.807) is 11.8 Å². The van der Waals surface area contributed by atoms with Crippen LogP contribution in [-0.4, -0.2) is 53.0 Å². The van der Waals surface area contributed by atoms with E-state index in [9.17, 15) is 4.79 Å². The van der Waals surface area contributed by atoms with Crippen LogP contribution in [0.3, 0.4) is 0 Å². The minimum absolute atomic E-state index is 0.209. The van der Waals surface area contributed by atoms with E-state index in [-0.39, 0.29) is 5.56 Å². The number of nitrogens with zero attached hydrogens (tertiary/aromatic N) is 4. The smallest absolute Gasteiger partial charge is 0.262 e. The van der Waals surface area contributed by atoms with Crippen LogP contribution in [0.4, 0.5) is 5.69 Å². The summed E-state index contributed by atoms with van der Waals surface area (Å²) in [7, 11) is 3.67. The van der Waals surface area contributed by atoms with Gasteiger partial charge in [0.25, 0.3) is 5.56 Å². The van der Waals surface area contributed by atoms with Crippen molar-refractivity contribution in [1.29, 1.82) is 0 Å². The highest BCUT2D eigenvalue weighted by atomic mass is 16.5. The molecule has 2 aromatic heterocycles. The highest BCUT2D eigenvalue weighted by Gasteiger charge is 2.22. The van der Waals surface area contributed by atoms with E-state index in [0.717, 1.165) is 42.7 Å². The Bertz CT molecular complexity index is 1350. The number of H-pyrrole nitrogens is 1. The van der Waals surface area contributed by atoms with Gasteiger partial charge in [0.2, 0.25) is 0 Å². The van der Waals surface area contributed by atoms with Crippen molar-refractivity contribution >= 4 is 16.7 Å². The standard InChI is InChI=1S/C26H30N6O2/c1-4-32-25-22(23(30-32)17-8-6-5-7-9-17)26(33)29-24(28-25)20-11-10-19(16-21(20)34-3)31-14-12-18(27-2)13-15-31/h5-11,16,18,27H,4,12-15H2,1-3H3,(H,28,29,33). The number of rotatable bonds is 6. The van der Waals surface area contributed by atoms with E-state index >= 15 is 0 Å². The molecule has 1 fully saturated rings. The highest BCUT2D eigenvalue weighted by molar-refractivity contribution is 5.91. The Morgan fingerprint density at radius 2 is 1.91 bits per heavy atom. The van der Waals surface area contributed by atoms with Crippen LogP contribution in [0.2, 0.25) is 0 Å². The number of aromatic amines is 1. The summed E-state index contributed by atoms with van der Waals surface area (Å²) in [5.41, 5.74) is 3.76. The molecule has 8 heteroatoms. The minimum atomic E-state index is -0.209. The molecule has 1 saturated heterocycles. The Morgan fingerprint density at radius 1 is 1.15 bits per heavy atom. The van der Waals surface area contributed by atoms with E-state index < -0.39 is 0 Å². The first-order valence-corrected chi connectivity index (χ1v) is 11.8. The molecule has 0 saturated carbocycles. The van der Waals surface area contributed by atoms with Crippen molar-refractivity contribution in [2.24, 2.45) is 0 Å².